The largest absolute Gasteiger partial charge is 0.480 e. The maximum atomic E-state index is 11.9. The summed E-state index contributed by atoms with van der Waals surface area (Å²) in [5.41, 5.74) is 0.216. The summed E-state index contributed by atoms with van der Waals surface area (Å²) in [4.78, 5) is 16.0. The van der Waals surface area contributed by atoms with Crippen LogP contribution < -0.4 is 14.8 Å². The highest BCUT2D eigenvalue weighted by Crippen LogP contribution is 2.40. The summed E-state index contributed by atoms with van der Waals surface area (Å²) in [5.74, 6) is 1.90. The van der Waals surface area contributed by atoms with Crippen LogP contribution >= 0.6 is 0 Å². The van der Waals surface area contributed by atoms with Gasteiger partial charge in [0.15, 0.2) is 11.5 Å². The van der Waals surface area contributed by atoms with E-state index in [1.807, 2.05) is 45.0 Å². The number of hydrogen-bond acceptors (Lipinski definition) is 5. The number of pyridine rings is 1. The molecule has 2 aromatic rings. The Bertz CT molecular complexity index is 740. The van der Waals surface area contributed by atoms with Crippen molar-refractivity contribution in [2.24, 2.45) is 0 Å². The average Bonchev–Trinajstić information content (AvgIpc) is 2.67. The van der Waals surface area contributed by atoms with Gasteiger partial charge in [-0.2, -0.15) is 0 Å². The Morgan fingerprint density at radius 1 is 1.21 bits per heavy atom. The summed E-state index contributed by atoms with van der Waals surface area (Å²) < 4.78 is 17.2. The number of para-hydroxylation sites is 2. The third kappa shape index (κ3) is 3.76. The number of hydrogen-bond donors (Lipinski definition) is 1. The second-order valence-corrected chi connectivity index (χ2v) is 6.45. The summed E-state index contributed by atoms with van der Waals surface area (Å²) >= 11 is 0. The smallest absolute Gasteiger partial charge is 0.407 e. The van der Waals surface area contributed by atoms with Gasteiger partial charge >= 0.3 is 6.09 Å². The fraction of sp³-hybridized carbons (Fsp3) is 0.333. The molecule has 0 unspecified atom stereocenters. The zero-order valence-electron chi connectivity index (χ0n) is 13.9. The number of ether oxygens (including phenoxy) is 3. The lowest BCUT2D eigenvalue weighted by molar-refractivity contribution is 0.0501. The first-order chi connectivity index (χ1) is 11.4. The number of benzene rings is 1. The van der Waals surface area contributed by atoms with Crippen LogP contribution in [0.25, 0.3) is 0 Å². The van der Waals surface area contributed by atoms with Crippen molar-refractivity contribution in [3.8, 4) is 17.2 Å². The lowest BCUT2D eigenvalue weighted by atomic mass is 10.1. The van der Waals surface area contributed by atoms with E-state index in [-0.39, 0.29) is 6.54 Å². The number of alkyl carbamates (subject to hydrolysis) is 1. The number of amides is 1. The Hall–Kier alpha value is -2.76. The van der Waals surface area contributed by atoms with Gasteiger partial charge in [0.05, 0.1) is 12.1 Å². The van der Waals surface area contributed by atoms with Crippen LogP contribution in [0.5, 0.6) is 17.2 Å². The van der Waals surface area contributed by atoms with E-state index in [4.69, 9.17) is 14.2 Å². The molecule has 0 spiro atoms. The Balaban J connectivity index is 1.80. The number of aromatic nitrogens is 1. The molecular formula is C18H20N2O4. The van der Waals surface area contributed by atoms with Crippen molar-refractivity contribution in [3.63, 3.8) is 0 Å². The maximum Gasteiger partial charge on any atom is 0.407 e. The number of rotatable bonds is 2. The topological polar surface area (TPSA) is 69.7 Å². The summed E-state index contributed by atoms with van der Waals surface area (Å²) in [7, 11) is 0. The van der Waals surface area contributed by atoms with E-state index in [1.165, 1.54) is 0 Å². The minimum atomic E-state index is -0.552. The lowest BCUT2D eigenvalue weighted by Crippen LogP contribution is -2.35. The zero-order chi connectivity index (χ0) is 17.2. The molecule has 1 aromatic carbocycles. The van der Waals surface area contributed by atoms with Gasteiger partial charge in [0.25, 0.3) is 0 Å². The Labute approximate surface area is 140 Å². The van der Waals surface area contributed by atoms with E-state index < -0.39 is 17.8 Å². The fourth-order valence-electron chi connectivity index (χ4n) is 2.34. The number of carbonyl (C=O) groups excluding carboxylic acids is 1. The van der Waals surface area contributed by atoms with Crippen molar-refractivity contribution in [2.45, 2.75) is 32.5 Å². The lowest BCUT2D eigenvalue weighted by Gasteiger charge is -2.22. The Morgan fingerprint density at radius 3 is 2.71 bits per heavy atom. The molecule has 1 amide bonds. The molecule has 0 saturated carbocycles. The molecule has 1 aromatic heterocycles. The summed E-state index contributed by atoms with van der Waals surface area (Å²) in [6.45, 7) is 5.69. The third-order valence-corrected chi connectivity index (χ3v) is 3.33. The predicted molar refractivity (Wildman–Crippen MR) is 88.4 cm³/mol. The first kappa shape index (κ1) is 16.1. The van der Waals surface area contributed by atoms with Crippen LogP contribution in [-0.2, 0) is 4.74 Å². The van der Waals surface area contributed by atoms with Crippen LogP contribution in [0.1, 0.15) is 32.4 Å². The van der Waals surface area contributed by atoms with Crippen molar-refractivity contribution >= 4 is 6.09 Å². The van der Waals surface area contributed by atoms with Crippen molar-refractivity contribution in [1.82, 2.24) is 10.3 Å². The molecule has 1 N–H and O–H groups in total. The molecule has 2 heterocycles. The van der Waals surface area contributed by atoms with Gasteiger partial charge in [0.2, 0.25) is 0 Å². The van der Waals surface area contributed by atoms with Crippen LogP contribution in [0.2, 0.25) is 0 Å². The summed E-state index contributed by atoms with van der Waals surface area (Å²) in [5, 5.41) is 2.74. The Kier molecular flexibility index (Phi) is 4.29. The molecule has 3 rings (SSSR count). The highest BCUT2D eigenvalue weighted by Gasteiger charge is 2.26. The fourth-order valence-corrected chi connectivity index (χ4v) is 2.34. The first-order valence-electron chi connectivity index (χ1n) is 7.77. The quantitative estimate of drug-likeness (QED) is 0.907. The number of carbonyl (C=O) groups is 1. The SMILES string of the molecule is CC(C)(C)OC(=O)NC[C@@H]1Oc2ccccc2Oc2ccncc21. The van der Waals surface area contributed by atoms with Gasteiger partial charge < -0.3 is 19.5 Å². The van der Waals surface area contributed by atoms with Crippen molar-refractivity contribution in [2.75, 3.05) is 6.54 Å². The van der Waals surface area contributed by atoms with E-state index in [1.54, 1.807) is 18.5 Å². The molecular weight excluding hydrogens is 308 g/mol. The third-order valence-electron chi connectivity index (χ3n) is 3.33. The molecule has 1 aliphatic rings. The second kappa shape index (κ2) is 6.39. The first-order valence-corrected chi connectivity index (χ1v) is 7.77. The number of nitrogens with one attached hydrogen (secondary N) is 1. The molecule has 6 nitrogen and oxygen atoms in total. The van der Waals surface area contributed by atoms with Crippen LogP contribution in [0.4, 0.5) is 4.79 Å². The van der Waals surface area contributed by atoms with Gasteiger partial charge in [0, 0.05) is 12.4 Å². The van der Waals surface area contributed by atoms with E-state index in [9.17, 15) is 4.79 Å². The molecule has 0 radical (unpaired) electrons. The molecule has 0 fully saturated rings. The Morgan fingerprint density at radius 2 is 1.96 bits per heavy atom. The van der Waals surface area contributed by atoms with Gasteiger partial charge in [-0.1, -0.05) is 12.1 Å². The molecule has 24 heavy (non-hydrogen) atoms. The second-order valence-electron chi connectivity index (χ2n) is 6.45. The highest BCUT2D eigenvalue weighted by molar-refractivity contribution is 5.67. The summed E-state index contributed by atoms with van der Waals surface area (Å²) in [6, 6.07) is 9.19. The minimum Gasteiger partial charge on any atom is -0.480 e. The van der Waals surface area contributed by atoms with E-state index in [2.05, 4.69) is 10.3 Å². The van der Waals surface area contributed by atoms with Crippen LogP contribution in [0.3, 0.4) is 0 Å². The number of nitrogens with zero attached hydrogens (tertiary/aromatic N) is 1. The zero-order valence-corrected chi connectivity index (χ0v) is 13.9. The van der Waals surface area contributed by atoms with Crippen LogP contribution in [0, 0.1) is 0 Å². The standard InChI is InChI=1S/C18H20N2O4/c1-18(2,3)24-17(21)20-11-16-12-10-19-9-8-13(12)22-14-6-4-5-7-15(14)23-16/h4-10,16H,11H2,1-3H3,(H,20,21)/t16-/m0/s1. The number of fused-ring (bicyclic) bond motifs is 2. The van der Waals surface area contributed by atoms with E-state index in [0.717, 1.165) is 5.56 Å². The van der Waals surface area contributed by atoms with Gasteiger partial charge in [-0.05, 0) is 39.0 Å². The monoisotopic (exact) mass is 328 g/mol. The van der Waals surface area contributed by atoms with Gasteiger partial charge in [-0.15, -0.1) is 0 Å². The van der Waals surface area contributed by atoms with Crippen molar-refractivity contribution in [3.05, 3.63) is 48.3 Å². The highest BCUT2D eigenvalue weighted by atomic mass is 16.6. The normalized spacial score (nSPS) is 15.9. The van der Waals surface area contributed by atoms with E-state index in [0.29, 0.717) is 17.2 Å². The van der Waals surface area contributed by atoms with E-state index >= 15 is 0 Å². The summed E-state index contributed by atoms with van der Waals surface area (Å²) in [6.07, 6.45) is 2.42. The van der Waals surface area contributed by atoms with Crippen LogP contribution in [0.15, 0.2) is 42.7 Å². The van der Waals surface area contributed by atoms with Crippen molar-refractivity contribution < 1.29 is 19.0 Å². The molecule has 0 bridgehead atoms. The maximum absolute atomic E-state index is 11.9. The van der Waals surface area contributed by atoms with Gasteiger partial charge in [-0.3, -0.25) is 4.98 Å². The predicted octanol–water partition coefficient (Wildman–Crippen LogP) is 3.83. The van der Waals surface area contributed by atoms with Gasteiger partial charge in [0.1, 0.15) is 17.5 Å². The molecule has 126 valence electrons. The van der Waals surface area contributed by atoms with Gasteiger partial charge in [-0.25, -0.2) is 4.79 Å². The molecule has 1 atom stereocenters. The minimum absolute atomic E-state index is 0.241. The molecule has 6 heteroatoms. The average molecular weight is 328 g/mol. The molecule has 0 saturated heterocycles. The van der Waals surface area contributed by atoms with Crippen molar-refractivity contribution in [1.29, 1.82) is 0 Å². The molecule has 1 aliphatic heterocycles. The van der Waals surface area contributed by atoms with Crippen LogP contribution in [-0.4, -0.2) is 23.2 Å². The molecule has 0 aliphatic carbocycles.